The highest BCUT2D eigenvalue weighted by molar-refractivity contribution is 5.77. The molecule has 1 heterocycles. The predicted molar refractivity (Wildman–Crippen MR) is 79.4 cm³/mol. The second kappa shape index (κ2) is 5.29. The van der Waals surface area contributed by atoms with Crippen LogP contribution in [0.2, 0.25) is 0 Å². The summed E-state index contributed by atoms with van der Waals surface area (Å²) >= 11 is 0. The zero-order chi connectivity index (χ0) is 14.8. The van der Waals surface area contributed by atoms with E-state index in [1.807, 2.05) is 43.3 Å². The predicted octanol–water partition coefficient (Wildman–Crippen LogP) is 4.62. The number of hydrogen-bond donors (Lipinski definition) is 1. The Kier molecular flexibility index (Phi) is 3.33. The number of anilines is 1. The standard InChI is InChI=1S/C17H13FN2O/c1-11(17-9-13-4-2-3-5-16(13)21-17)20-15-7-6-12(10-19)8-14(15)18/h2-9,11,20H,1H3. The van der Waals surface area contributed by atoms with E-state index in [1.165, 1.54) is 6.07 Å². The van der Waals surface area contributed by atoms with Gasteiger partial charge in [0.2, 0.25) is 0 Å². The van der Waals surface area contributed by atoms with Gasteiger partial charge in [0, 0.05) is 5.39 Å². The third-order valence-corrected chi connectivity index (χ3v) is 3.34. The minimum atomic E-state index is -0.447. The summed E-state index contributed by atoms with van der Waals surface area (Å²) in [4.78, 5) is 0. The van der Waals surface area contributed by atoms with E-state index < -0.39 is 5.82 Å². The van der Waals surface area contributed by atoms with E-state index in [1.54, 1.807) is 12.1 Å². The second-order valence-electron chi connectivity index (χ2n) is 4.86. The van der Waals surface area contributed by atoms with E-state index in [9.17, 15) is 4.39 Å². The lowest BCUT2D eigenvalue weighted by Crippen LogP contribution is -2.07. The van der Waals surface area contributed by atoms with Gasteiger partial charge in [-0.15, -0.1) is 0 Å². The van der Waals surface area contributed by atoms with Crippen LogP contribution in [0.4, 0.5) is 10.1 Å². The number of furan rings is 1. The zero-order valence-electron chi connectivity index (χ0n) is 11.4. The van der Waals surface area contributed by atoms with Crippen LogP contribution >= 0.6 is 0 Å². The van der Waals surface area contributed by atoms with Gasteiger partial charge < -0.3 is 9.73 Å². The van der Waals surface area contributed by atoms with Gasteiger partial charge in [0.05, 0.1) is 23.4 Å². The fourth-order valence-corrected chi connectivity index (χ4v) is 2.22. The molecule has 0 spiro atoms. The van der Waals surface area contributed by atoms with Crippen molar-refractivity contribution < 1.29 is 8.81 Å². The van der Waals surface area contributed by atoms with Crippen LogP contribution in [0, 0.1) is 17.1 Å². The van der Waals surface area contributed by atoms with Gasteiger partial charge in [-0.2, -0.15) is 5.26 Å². The van der Waals surface area contributed by atoms with Crippen molar-refractivity contribution in [3.63, 3.8) is 0 Å². The quantitative estimate of drug-likeness (QED) is 0.761. The van der Waals surface area contributed by atoms with Crippen molar-refractivity contribution in [1.82, 2.24) is 0 Å². The van der Waals surface area contributed by atoms with Crippen molar-refractivity contribution in [2.45, 2.75) is 13.0 Å². The van der Waals surface area contributed by atoms with E-state index in [0.717, 1.165) is 16.7 Å². The van der Waals surface area contributed by atoms with Crippen molar-refractivity contribution in [2.75, 3.05) is 5.32 Å². The summed E-state index contributed by atoms with van der Waals surface area (Å²) in [6, 6.07) is 15.7. The highest BCUT2D eigenvalue weighted by Crippen LogP contribution is 2.27. The van der Waals surface area contributed by atoms with Crippen LogP contribution in [0.1, 0.15) is 24.3 Å². The number of benzene rings is 2. The van der Waals surface area contributed by atoms with Crippen molar-refractivity contribution in [3.05, 3.63) is 65.7 Å². The van der Waals surface area contributed by atoms with Crippen LogP contribution in [0.25, 0.3) is 11.0 Å². The Morgan fingerprint density at radius 1 is 1.19 bits per heavy atom. The SMILES string of the molecule is CC(Nc1ccc(C#N)cc1F)c1cc2ccccc2o1. The molecule has 0 aliphatic carbocycles. The van der Waals surface area contributed by atoms with Gasteiger partial charge in [-0.3, -0.25) is 0 Å². The maximum atomic E-state index is 13.9. The molecule has 0 radical (unpaired) electrons. The lowest BCUT2D eigenvalue weighted by Gasteiger charge is -2.13. The van der Waals surface area contributed by atoms with Crippen LogP contribution < -0.4 is 5.32 Å². The van der Waals surface area contributed by atoms with Gasteiger partial charge in [-0.1, -0.05) is 18.2 Å². The lowest BCUT2D eigenvalue weighted by atomic mass is 10.1. The molecule has 2 aromatic carbocycles. The largest absolute Gasteiger partial charge is 0.459 e. The number of nitrogens with one attached hydrogen (secondary N) is 1. The van der Waals surface area contributed by atoms with E-state index in [4.69, 9.17) is 9.68 Å². The van der Waals surface area contributed by atoms with Gasteiger partial charge in [-0.05, 0) is 37.3 Å². The third kappa shape index (κ3) is 2.59. The summed E-state index contributed by atoms with van der Waals surface area (Å²) in [6.07, 6.45) is 0. The third-order valence-electron chi connectivity index (χ3n) is 3.34. The molecule has 0 fully saturated rings. The molecule has 1 aromatic heterocycles. The monoisotopic (exact) mass is 280 g/mol. The topological polar surface area (TPSA) is 49.0 Å². The second-order valence-corrected chi connectivity index (χ2v) is 4.86. The molecule has 1 N–H and O–H groups in total. The highest BCUT2D eigenvalue weighted by Gasteiger charge is 2.13. The van der Waals surface area contributed by atoms with E-state index >= 15 is 0 Å². The van der Waals surface area contributed by atoms with E-state index in [0.29, 0.717) is 11.3 Å². The molecule has 0 aliphatic rings. The first-order chi connectivity index (χ1) is 10.2. The average molecular weight is 280 g/mol. The number of nitrogens with zero attached hydrogens (tertiary/aromatic N) is 1. The molecule has 1 unspecified atom stereocenters. The smallest absolute Gasteiger partial charge is 0.147 e. The number of hydrogen-bond acceptors (Lipinski definition) is 3. The van der Waals surface area contributed by atoms with Gasteiger partial charge >= 0.3 is 0 Å². The number of nitriles is 1. The summed E-state index contributed by atoms with van der Waals surface area (Å²) < 4.78 is 19.6. The lowest BCUT2D eigenvalue weighted by molar-refractivity contribution is 0.524. The van der Waals surface area contributed by atoms with E-state index in [2.05, 4.69) is 5.32 Å². The molecule has 104 valence electrons. The van der Waals surface area contributed by atoms with Crippen LogP contribution in [0.3, 0.4) is 0 Å². The minimum Gasteiger partial charge on any atom is -0.459 e. The number of halogens is 1. The Labute approximate surface area is 121 Å². The molecular weight excluding hydrogens is 267 g/mol. The van der Waals surface area contributed by atoms with Gasteiger partial charge in [0.15, 0.2) is 0 Å². The molecule has 3 nitrogen and oxygen atoms in total. The molecule has 0 saturated carbocycles. The Balaban J connectivity index is 1.86. The van der Waals surface area contributed by atoms with Gasteiger partial charge in [0.1, 0.15) is 17.2 Å². The van der Waals surface area contributed by atoms with E-state index in [-0.39, 0.29) is 6.04 Å². The summed E-state index contributed by atoms with van der Waals surface area (Å²) in [5.74, 6) is 0.289. The Hall–Kier alpha value is -2.80. The zero-order valence-corrected chi connectivity index (χ0v) is 11.4. The fourth-order valence-electron chi connectivity index (χ4n) is 2.22. The Morgan fingerprint density at radius 3 is 2.71 bits per heavy atom. The molecule has 0 amide bonds. The number of para-hydroxylation sites is 1. The van der Waals surface area contributed by atoms with Gasteiger partial charge in [0.25, 0.3) is 0 Å². The van der Waals surface area contributed by atoms with Crippen molar-refractivity contribution in [3.8, 4) is 6.07 Å². The molecule has 1 atom stereocenters. The van der Waals surface area contributed by atoms with Crippen molar-refractivity contribution in [2.24, 2.45) is 0 Å². The molecule has 0 aliphatic heterocycles. The van der Waals surface area contributed by atoms with Crippen molar-refractivity contribution in [1.29, 1.82) is 5.26 Å². The maximum absolute atomic E-state index is 13.9. The van der Waals surface area contributed by atoms with Crippen LogP contribution in [-0.2, 0) is 0 Å². The minimum absolute atomic E-state index is 0.181. The summed E-state index contributed by atoms with van der Waals surface area (Å²) in [7, 11) is 0. The fraction of sp³-hybridized carbons (Fsp3) is 0.118. The van der Waals surface area contributed by atoms with Crippen LogP contribution in [0.5, 0.6) is 0 Å². The van der Waals surface area contributed by atoms with Crippen molar-refractivity contribution >= 4 is 16.7 Å². The first kappa shape index (κ1) is 13.2. The number of fused-ring (bicyclic) bond motifs is 1. The molecule has 0 bridgehead atoms. The summed E-state index contributed by atoms with van der Waals surface area (Å²) in [6.45, 7) is 1.90. The van der Waals surface area contributed by atoms with Gasteiger partial charge in [-0.25, -0.2) is 4.39 Å². The molecule has 3 rings (SSSR count). The average Bonchev–Trinajstić information content (AvgIpc) is 2.93. The first-order valence-electron chi connectivity index (χ1n) is 6.62. The molecule has 4 heteroatoms. The normalized spacial score (nSPS) is 12.0. The molecular formula is C17H13FN2O. The summed E-state index contributed by atoms with van der Waals surface area (Å²) in [5, 5.41) is 12.8. The highest BCUT2D eigenvalue weighted by atomic mass is 19.1. The molecule has 0 saturated heterocycles. The Morgan fingerprint density at radius 2 is 2.00 bits per heavy atom. The molecule has 3 aromatic rings. The van der Waals surface area contributed by atoms with Crippen LogP contribution in [-0.4, -0.2) is 0 Å². The molecule has 21 heavy (non-hydrogen) atoms. The Bertz CT molecular complexity index is 799. The summed E-state index contributed by atoms with van der Waals surface area (Å²) in [5.41, 5.74) is 1.46. The first-order valence-corrected chi connectivity index (χ1v) is 6.62. The van der Waals surface area contributed by atoms with Crippen LogP contribution in [0.15, 0.2) is 52.9 Å². The number of rotatable bonds is 3. The maximum Gasteiger partial charge on any atom is 0.147 e.